The highest BCUT2D eigenvalue weighted by Crippen LogP contribution is 2.31. The summed E-state index contributed by atoms with van der Waals surface area (Å²) in [5, 5.41) is 1.97. The Hall–Kier alpha value is -2.29. The maximum Gasteiger partial charge on any atom is 0.338 e. The van der Waals surface area contributed by atoms with Gasteiger partial charge in [0, 0.05) is 9.35 Å². The quantitative estimate of drug-likeness (QED) is 0.526. The number of carbonyl (C=O) groups excluding carboxylic acids is 1. The van der Waals surface area contributed by atoms with Gasteiger partial charge in [0.1, 0.15) is 0 Å². The first-order valence-electron chi connectivity index (χ1n) is 8.98. The summed E-state index contributed by atoms with van der Waals surface area (Å²) in [6.45, 7) is 3.80. The molecule has 3 aromatic rings. The first kappa shape index (κ1) is 20.0. The molecule has 29 heavy (non-hydrogen) atoms. The van der Waals surface area contributed by atoms with E-state index in [1.54, 1.807) is 29.8 Å². The Morgan fingerprint density at radius 2 is 2.07 bits per heavy atom. The Balaban J connectivity index is 1.97. The Labute approximate surface area is 183 Å². The molecular formula is C21H17BrN2O3S2. The third kappa shape index (κ3) is 3.80. The number of ether oxygens (including phenoxy) is 1. The minimum atomic E-state index is -0.580. The number of thiophene rings is 1. The standard InChI is InChI=1S/C21H17BrN2O3S2/c1-3-27-20(26)17-12(2)23-21-24(18(17)13-6-8-14(22)9-7-13)19(25)16(29-21)11-15-5-4-10-28-15/h4-11,18H,3H2,1-2H3/b16-11-/t18-/m0/s1. The lowest BCUT2D eigenvalue weighted by atomic mass is 9.96. The van der Waals surface area contributed by atoms with E-state index in [1.807, 2.05) is 47.9 Å². The molecule has 0 spiro atoms. The number of hydrogen-bond donors (Lipinski definition) is 0. The first-order chi connectivity index (χ1) is 14.0. The number of rotatable bonds is 4. The molecule has 1 aromatic carbocycles. The summed E-state index contributed by atoms with van der Waals surface area (Å²) in [7, 11) is 0. The molecule has 0 fully saturated rings. The zero-order valence-corrected chi connectivity index (χ0v) is 18.9. The van der Waals surface area contributed by atoms with E-state index in [4.69, 9.17) is 4.74 Å². The lowest BCUT2D eigenvalue weighted by Gasteiger charge is -2.24. The van der Waals surface area contributed by atoms with Crippen LogP contribution in [-0.2, 0) is 9.53 Å². The molecule has 0 aliphatic carbocycles. The molecule has 1 aliphatic rings. The second-order valence-corrected chi connectivity index (χ2v) is 9.27. The van der Waals surface area contributed by atoms with Crippen molar-refractivity contribution in [2.75, 3.05) is 6.61 Å². The normalized spacial score (nSPS) is 16.5. The Kier molecular flexibility index (Phi) is 5.67. The van der Waals surface area contributed by atoms with E-state index in [1.165, 1.54) is 11.3 Å². The van der Waals surface area contributed by atoms with Crippen LogP contribution in [0.4, 0.5) is 0 Å². The van der Waals surface area contributed by atoms with Gasteiger partial charge < -0.3 is 4.74 Å². The van der Waals surface area contributed by atoms with Crippen molar-refractivity contribution < 1.29 is 9.53 Å². The van der Waals surface area contributed by atoms with Gasteiger partial charge in [-0.1, -0.05) is 45.5 Å². The van der Waals surface area contributed by atoms with Gasteiger partial charge in [0.15, 0.2) is 4.80 Å². The van der Waals surface area contributed by atoms with Crippen molar-refractivity contribution in [3.8, 4) is 0 Å². The van der Waals surface area contributed by atoms with Crippen LogP contribution < -0.4 is 14.9 Å². The molecule has 148 valence electrons. The molecular weight excluding hydrogens is 472 g/mol. The van der Waals surface area contributed by atoms with Gasteiger partial charge >= 0.3 is 5.97 Å². The topological polar surface area (TPSA) is 60.7 Å². The molecule has 0 bridgehead atoms. The SMILES string of the molecule is CCOC(=O)C1=C(C)N=c2s/c(=C\c3cccs3)c(=O)n2[C@H]1c1ccc(Br)cc1. The minimum Gasteiger partial charge on any atom is -0.463 e. The second kappa shape index (κ2) is 8.22. The maximum atomic E-state index is 13.3. The average Bonchev–Trinajstić information content (AvgIpc) is 3.30. The number of allylic oxidation sites excluding steroid dienone is 1. The lowest BCUT2D eigenvalue weighted by molar-refractivity contribution is -0.139. The third-order valence-electron chi connectivity index (χ3n) is 4.52. The van der Waals surface area contributed by atoms with Gasteiger partial charge in [-0.3, -0.25) is 9.36 Å². The molecule has 0 amide bonds. The molecule has 0 N–H and O–H groups in total. The van der Waals surface area contributed by atoms with Gasteiger partial charge in [0.25, 0.3) is 5.56 Å². The lowest BCUT2D eigenvalue weighted by Crippen LogP contribution is -2.39. The van der Waals surface area contributed by atoms with Crippen molar-refractivity contribution in [1.29, 1.82) is 0 Å². The van der Waals surface area contributed by atoms with Crippen LogP contribution in [0.15, 0.2) is 67.3 Å². The first-order valence-corrected chi connectivity index (χ1v) is 11.5. The van der Waals surface area contributed by atoms with Crippen LogP contribution in [0.5, 0.6) is 0 Å². The Morgan fingerprint density at radius 1 is 1.31 bits per heavy atom. The van der Waals surface area contributed by atoms with Crippen molar-refractivity contribution in [2.24, 2.45) is 4.99 Å². The van der Waals surface area contributed by atoms with Crippen molar-refractivity contribution >= 4 is 50.6 Å². The van der Waals surface area contributed by atoms with E-state index in [0.717, 1.165) is 14.9 Å². The molecule has 4 rings (SSSR count). The highest BCUT2D eigenvalue weighted by molar-refractivity contribution is 9.10. The van der Waals surface area contributed by atoms with E-state index in [2.05, 4.69) is 20.9 Å². The Morgan fingerprint density at radius 3 is 2.72 bits per heavy atom. The monoisotopic (exact) mass is 488 g/mol. The van der Waals surface area contributed by atoms with Crippen molar-refractivity contribution in [3.63, 3.8) is 0 Å². The van der Waals surface area contributed by atoms with Gasteiger partial charge in [-0.2, -0.15) is 0 Å². The predicted octanol–water partition coefficient (Wildman–Crippen LogP) is 3.62. The number of fused-ring (bicyclic) bond motifs is 1. The summed E-state index contributed by atoms with van der Waals surface area (Å²) in [5.41, 5.74) is 1.63. The summed E-state index contributed by atoms with van der Waals surface area (Å²) in [6.07, 6.45) is 1.87. The number of carbonyl (C=O) groups is 1. The Bertz CT molecular complexity index is 1270. The molecule has 0 saturated heterocycles. The summed E-state index contributed by atoms with van der Waals surface area (Å²) in [4.78, 5) is 32.2. The average molecular weight is 489 g/mol. The molecule has 5 nitrogen and oxygen atoms in total. The summed E-state index contributed by atoms with van der Waals surface area (Å²) in [6, 6.07) is 10.9. The van der Waals surface area contributed by atoms with Gasteiger partial charge in [-0.25, -0.2) is 9.79 Å². The van der Waals surface area contributed by atoms with Crippen LogP contribution >= 0.6 is 38.6 Å². The molecule has 0 radical (unpaired) electrons. The van der Waals surface area contributed by atoms with Crippen LogP contribution in [0.3, 0.4) is 0 Å². The fourth-order valence-electron chi connectivity index (χ4n) is 3.25. The largest absolute Gasteiger partial charge is 0.463 e. The highest BCUT2D eigenvalue weighted by atomic mass is 79.9. The number of esters is 1. The maximum absolute atomic E-state index is 13.3. The summed E-state index contributed by atoms with van der Waals surface area (Å²) >= 11 is 6.34. The zero-order valence-electron chi connectivity index (χ0n) is 15.7. The molecule has 2 aromatic heterocycles. The van der Waals surface area contributed by atoms with Crippen molar-refractivity contribution in [1.82, 2.24) is 4.57 Å². The van der Waals surface area contributed by atoms with Crippen LogP contribution in [0.25, 0.3) is 6.08 Å². The highest BCUT2D eigenvalue weighted by Gasteiger charge is 2.33. The van der Waals surface area contributed by atoms with Crippen molar-refractivity contribution in [2.45, 2.75) is 19.9 Å². The fraction of sp³-hybridized carbons (Fsp3) is 0.190. The predicted molar refractivity (Wildman–Crippen MR) is 119 cm³/mol. The number of thiazole rings is 1. The van der Waals surface area contributed by atoms with Gasteiger partial charge in [-0.05, 0) is 49.1 Å². The van der Waals surface area contributed by atoms with E-state index >= 15 is 0 Å². The zero-order chi connectivity index (χ0) is 20.5. The van der Waals surface area contributed by atoms with Gasteiger partial charge in [-0.15, -0.1) is 11.3 Å². The molecule has 3 heterocycles. The fourth-order valence-corrected chi connectivity index (χ4v) is 5.29. The minimum absolute atomic E-state index is 0.163. The van der Waals surface area contributed by atoms with Crippen molar-refractivity contribution in [3.05, 3.63) is 87.6 Å². The number of halogens is 1. The third-order valence-corrected chi connectivity index (χ3v) is 6.85. The molecule has 8 heteroatoms. The second-order valence-electron chi connectivity index (χ2n) is 6.37. The summed E-state index contributed by atoms with van der Waals surface area (Å²) in [5.74, 6) is -0.450. The van der Waals surface area contributed by atoms with E-state index in [0.29, 0.717) is 20.6 Å². The molecule has 1 aliphatic heterocycles. The van der Waals surface area contributed by atoms with E-state index in [-0.39, 0.29) is 12.2 Å². The van der Waals surface area contributed by atoms with Crippen LogP contribution in [0.1, 0.15) is 30.3 Å². The molecule has 0 unspecified atom stereocenters. The van der Waals surface area contributed by atoms with E-state index in [9.17, 15) is 9.59 Å². The van der Waals surface area contributed by atoms with Crippen LogP contribution in [0.2, 0.25) is 0 Å². The number of benzene rings is 1. The van der Waals surface area contributed by atoms with Crippen LogP contribution in [-0.4, -0.2) is 17.1 Å². The number of aromatic nitrogens is 1. The number of nitrogens with zero attached hydrogens (tertiary/aromatic N) is 2. The van der Waals surface area contributed by atoms with Gasteiger partial charge in [0.05, 0.1) is 28.5 Å². The van der Waals surface area contributed by atoms with Gasteiger partial charge in [0.2, 0.25) is 0 Å². The van der Waals surface area contributed by atoms with Crippen LogP contribution in [0, 0.1) is 0 Å². The number of hydrogen-bond acceptors (Lipinski definition) is 6. The molecule has 1 atom stereocenters. The molecule has 0 saturated carbocycles. The summed E-state index contributed by atoms with van der Waals surface area (Å²) < 4.78 is 8.40. The smallest absolute Gasteiger partial charge is 0.338 e. The van der Waals surface area contributed by atoms with E-state index < -0.39 is 12.0 Å².